The quantitative estimate of drug-likeness (QED) is 0.596. The molecular formula is C24H37N3O3. The highest BCUT2D eigenvalue weighted by molar-refractivity contribution is 5.98. The van der Waals surface area contributed by atoms with Crippen LogP contribution in [0.25, 0.3) is 0 Å². The van der Waals surface area contributed by atoms with E-state index in [4.69, 9.17) is 0 Å². The van der Waals surface area contributed by atoms with Crippen molar-refractivity contribution in [1.29, 1.82) is 0 Å². The van der Waals surface area contributed by atoms with E-state index in [1.807, 2.05) is 17.1 Å². The van der Waals surface area contributed by atoms with Crippen LogP contribution in [0.15, 0.2) is 12.1 Å². The minimum Gasteiger partial charge on any atom is -0.396 e. The lowest BCUT2D eigenvalue weighted by Crippen LogP contribution is -2.52. The molecule has 3 N–H and O–H groups in total. The van der Waals surface area contributed by atoms with E-state index in [1.165, 1.54) is 11.1 Å². The van der Waals surface area contributed by atoms with Crippen molar-refractivity contribution in [3.8, 4) is 0 Å². The summed E-state index contributed by atoms with van der Waals surface area (Å²) in [7, 11) is 0. The Morgan fingerprint density at radius 2 is 1.73 bits per heavy atom. The molecule has 1 fully saturated rings. The van der Waals surface area contributed by atoms with Gasteiger partial charge in [-0.1, -0.05) is 27.7 Å². The number of benzene rings is 1. The van der Waals surface area contributed by atoms with E-state index in [2.05, 4.69) is 38.4 Å². The molecule has 1 heterocycles. The summed E-state index contributed by atoms with van der Waals surface area (Å²) in [6, 6.07) is 4.00. The molecule has 3 rings (SSSR count). The van der Waals surface area contributed by atoms with E-state index in [9.17, 15) is 14.7 Å². The highest BCUT2D eigenvalue weighted by Crippen LogP contribution is 2.47. The van der Waals surface area contributed by atoms with Crippen molar-refractivity contribution in [1.82, 2.24) is 15.8 Å². The predicted molar refractivity (Wildman–Crippen MR) is 119 cm³/mol. The van der Waals surface area contributed by atoms with E-state index in [0.717, 1.165) is 44.6 Å². The van der Waals surface area contributed by atoms with Crippen LogP contribution in [0.5, 0.6) is 0 Å². The van der Waals surface area contributed by atoms with Crippen molar-refractivity contribution in [3.63, 3.8) is 0 Å². The number of carbonyl (C=O) groups is 2. The van der Waals surface area contributed by atoms with E-state index in [-0.39, 0.29) is 42.0 Å². The van der Waals surface area contributed by atoms with Gasteiger partial charge in [0.15, 0.2) is 5.78 Å². The topological polar surface area (TPSA) is 81.7 Å². The summed E-state index contributed by atoms with van der Waals surface area (Å²) in [4.78, 5) is 25.3. The Hall–Kier alpha value is -1.76. The zero-order chi connectivity index (χ0) is 21.9. The van der Waals surface area contributed by atoms with Gasteiger partial charge in [-0.05, 0) is 58.9 Å². The van der Waals surface area contributed by atoms with E-state index in [1.54, 1.807) is 0 Å². The predicted octanol–water partition coefficient (Wildman–Crippen LogP) is 2.47. The standard InChI is InChI=1S/C24H37N3O3/c1-23(2)8-9-24(3,4)22-17(7-14-28)15-18(16-19(22)23)20(29)5-6-21(30)26-27-12-10-25-11-13-27/h15-16,25,28H,5-14H2,1-4H3,(H,26,30). The fourth-order valence-electron chi connectivity index (χ4n) is 4.78. The molecule has 1 aromatic rings. The number of ketones is 1. The van der Waals surface area contributed by atoms with Crippen LogP contribution in [0.1, 0.15) is 80.4 Å². The number of hydrazine groups is 1. The van der Waals surface area contributed by atoms with Gasteiger partial charge in [0.2, 0.25) is 5.91 Å². The molecule has 0 spiro atoms. The molecule has 1 saturated heterocycles. The highest BCUT2D eigenvalue weighted by atomic mass is 16.3. The van der Waals surface area contributed by atoms with Gasteiger partial charge in [-0.25, -0.2) is 5.01 Å². The number of hydrogen-bond acceptors (Lipinski definition) is 5. The fourth-order valence-corrected chi connectivity index (χ4v) is 4.78. The molecule has 166 valence electrons. The monoisotopic (exact) mass is 415 g/mol. The molecule has 2 aliphatic rings. The van der Waals surface area contributed by atoms with Crippen molar-refractivity contribution in [2.45, 2.75) is 70.6 Å². The Kier molecular flexibility index (Phi) is 7.00. The molecule has 0 bridgehead atoms. The third-order valence-corrected chi connectivity index (χ3v) is 6.68. The number of amides is 1. The SMILES string of the molecule is CC1(C)CCC(C)(C)c2c(CCO)cc(C(=O)CCC(=O)NN3CCNCC3)cc21. The third-order valence-electron chi connectivity index (χ3n) is 6.68. The summed E-state index contributed by atoms with van der Waals surface area (Å²) in [5.74, 6) is -0.119. The Morgan fingerprint density at radius 3 is 2.40 bits per heavy atom. The van der Waals surface area contributed by atoms with Gasteiger partial charge >= 0.3 is 0 Å². The van der Waals surface area contributed by atoms with E-state index < -0.39 is 0 Å². The van der Waals surface area contributed by atoms with Crippen LogP contribution in [0, 0.1) is 0 Å². The van der Waals surface area contributed by atoms with Gasteiger partial charge in [0.05, 0.1) is 0 Å². The van der Waals surface area contributed by atoms with Crippen LogP contribution >= 0.6 is 0 Å². The maximum absolute atomic E-state index is 13.0. The summed E-state index contributed by atoms with van der Waals surface area (Å²) >= 11 is 0. The maximum atomic E-state index is 13.0. The number of fused-ring (bicyclic) bond motifs is 1. The number of nitrogens with zero attached hydrogens (tertiary/aromatic N) is 1. The smallest absolute Gasteiger partial charge is 0.234 e. The third kappa shape index (κ3) is 5.10. The molecule has 0 saturated carbocycles. The number of hydrogen-bond donors (Lipinski definition) is 3. The molecule has 0 unspecified atom stereocenters. The Bertz CT molecular complexity index is 795. The zero-order valence-corrected chi connectivity index (χ0v) is 18.9. The van der Waals surface area contributed by atoms with Crippen LogP contribution in [-0.2, 0) is 22.0 Å². The first-order chi connectivity index (χ1) is 14.1. The molecule has 30 heavy (non-hydrogen) atoms. The number of piperazine rings is 1. The molecule has 0 atom stereocenters. The molecule has 6 nitrogen and oxygen atoms in total. The van der Waals surface area contributed by atoms with Gasteiger partial charge in [0.25, 0.3) is 0 Å². The Morgan fingerprint density at radius 1 is 1.07 bits per heavy atom. The average molecular weight is 416 g/mol. The minimum atomic E-state index is -0.111. The van der Waals surface area contributed by atoms with Crippen LogP contribution < -0.4 is 10.7 Å². The molecule has 1 aliphatic heterocycles. The van der Waals surface area contributed by atoms with Crippen LogP contribution in [-0.4, -0.2) is 54.6 Å². The normalized spacial score (nSPS) is 20.4. The summed E-state index contributed by atoms with van der Waals surface area (Å²) in [5.41, 5.74) is 7.17. The first-order valence-corrected chi connectivity index (χ1v) is 11.2. The Balaban J connectivity index is 1.77. The van der Waals surface area contributed by atoms with Gasteiger partial charge in [-0.3, -0.25) is 15.0 Å². The molecule has 1 aromatic carbocycles. The largest absolute Gasteiger partial charge is 0.396 e. The van der Waals surface area contributed by atoms with Crippen molar-refractivity contribution in [3.05, 3.63) is 34.4 Å². The van der Waals surface area contributed by atoms with Gasteiger partial charge in [0.1, 0.15) is 0 Å². The van der Waals surface area contributed by atoms with Crippen molar-refractivity contribution in [2.24, 2.45) is 0 Å². The van der Waals surface area contributed by atoms with E-state index in [0.29, 0.717) is 12.0 Å². The fraction of sp³-hybridized carbons (Fsp3) is 0.667. The lowest BCUT2D eigenvalue weighted by Gasteiger charge is -2.43. The Labute approximate surface area is 180 Å². The zero-order valence-electron chi connectivity index (χ0n) is 18.9. The number of nitrogens with one attached hydrogen (secondary N) is 2. The summed E-state index contributed by atoms with van der Waals surface area (Å²) in [5, 5.41) is 14.8. The second-order valence-corrected chi connectivity index (χ2v) is 9.99. The van der Waals surface area contributed by atoms with Crippen LogP contribution in [0.3, 0.4) is 0 Å². The van der Waals surface area contributed by atoms with Gasteiger partial charge in [-0.2, -0.15) is 0 Å². The number of aliphatic hydroxyl groups excluding tert-OH is 1. The maximum Gasteiger partial charge on any atom is 0.234 e. The van der Waals surface area contributed by atoms with Crippen molar-refractivity contribution >= 4 is 11.7 Å². The second kappa shape index (κ2) is 9.16. The number of rotatable bonds is 7. The van der Waals surface area contributed by atoms with Crippen LogP contribution in [0.4, 0.5) is 0 Å². The van der Waals surface area contributed by atoms with Gasteiger partial charge < -0.3 is 10.4 Å². The first kappa shape index (κ1) is 22.9. The lowest BCUT2D eigenvalue weighted by molar-refractivity contribution is -0.126. The lowest BCUT2D eigenvalue weighted by atomic mass is 9.61. The highest BCUT2D eigenvalue weighted by Gasteiger charge is 2.39. The summed E-state index contributed by atoms with van der Waals surface area (Å²) in [6.45, 7) is 12.3. The van der Waals surface area contributed by atoms with Crippen molar-refractivity contribution < 1.29 is 14.7 Å². The number of carbonyl (C=O) groups excluding carboxylic acids is 2. The first-order valence-electron chi connectivity index (χ1n) is 11.2. The molecular weight excluding hydrogens is 378 g/mol. The minimum absolute atomic E-state index is 0.00775. The molecule has 0 radical (unpaired) electrons. The number of Topliss-reactive ketones (excluding diaryl/α,β-unsaturated/α-hetero) is 1. The molecule has 1 aliphatic carbocycles. The summed E-state index contributed by atoms with van der Waals surface area (Å²) < 4.78 is 0. The second-order valence-electron chi connectivity index (χ2n) is 9.99. The van der Waals surface area contributed by atoms with Crippen LogP contribution in [0.2, 0.25) is 0 Å². The van der Waals surface area contributed by atoms with Gasteiger partial charge in [-0.15, -0.1) is 0 Å². The number of aliphatic hydroxyl groups is 1. The molecule has 6 heteroatoms. The summed E-state index contributed by atoms with van der Waals surface area (Å²) in [6.07, 6.45) is 3.08. The van der Waals surface area contributed by atoms with Crippen molar-refractivity contribution in [2.75, 3.05) is 32.8 Å². The van der Waals surface area contributed by atoms with Gasteiger partial charge in [0, 0.05) is 51.2 Å². The molecule has 1 amide bonds. The molecule has 0 aromatic heterocycles. The van der Waals surface area contributed by atoms with E-state index >= 15 is 0 Å². The average Bonchev–Trinajstić information content (AvgIpc) is 2.70.